The van der Waals surface area contributed by atoms with E-state index in [0.717, 1.165) is 23.1 Å². The van der Waals surface area contributed by atoms with Crippen LogP contribution in [0, 0.1) is 25.6 Å². The van der Waals surface area contributed by atoms with Crippen molar-refractivity contribution in [2.75, 3.05) is 0 Å². The Labute approximate surface area is 179 Å². The molecule has 155 valence electrons. The first-order chi connectivity index (χ1) is 14.3. The number of rotatable bonds is 6. The van der Waals surface area contributed by atoms with Gasteiger partial charge in [-0.2, -0.15) is 5.10 Å². The van der Waals surface area contributed by atoms with E-state index >= 15 is 0 Å². The third-order valence-electron chi connectivity index (χ3n) is 6.28. The van der Waals surface area contributed by atoms with Crippen LogP contribution in [0.4, 0.5) is 4.39 Å². The molecule has 1 aliphatic carbocycles. The summed E-state index contributed by atoms with van der Waals surface area (Å²) in [6.45, 7) is 12.9. The van der Waals surface area contributed by atoms with Crippen molar-refractivity contribution in [3.05, 3.63) is 88.4 Å². The van der Waals surface area contributed by atoms with Crippen molar-refractivity contribution in [3.8, 4) is 11.1 Å². The molecule has 0 aliphatic heterocycles. The summed E-state index contributed by atoms with van der Waals surface area (Å²) in [5.41, 5.74) is 9.87. The second-order valence-electron chi connectivity index (χ2n) is 8.71. The van der Waals surface area contributed by atoms with Gasteiger partial charge in [0.1, 0.15) is 5.82 Å². The highest BCUT2D eigenvalue weighted by molar-refractivity contribution is 5.97. The molecule has 1 heterocycles. The Bertz CT molecular complexity index is 1120. The summed E-state index contributed by atoms with van der Waals surface area (Å²) in [6, 6.07) is 10.0. The van der Waals surface area contributed by atoms with Crippen LogP contribution in [0.2, 0.25) is 0 Å². The van der Waals surface area contributed by atoms with E-state index in [1.165, 1.54) is 39.8 Å². The number of allylic oxidation sites excluding steroid dienone is 2. The molecule has 0 spiro atoms. The molecule has 1 atom stereocenters. The Kier molecular flexibility index (Phi) is 5.40. The lowest BCUT2D eigenvalue weighted by molar-refractivity contribution is 0.532. The number of hydrogen-bond acceptors (Lipinski definition) is 1. The highest BCUT2D eigenvalue weighted by Crippen LogP contribution is 2.51. The summed E-state index contributed by atoms with van der Waals surface area (Å²) in [7, 11) is 0. The fraction of sp³-hybridized carbons (Fsp3) is 0.333. The molecule has 0 unspecified atom stereocenters. The average molecular weight is 402 g/mol. The number of halogens is 1. The van der Waals surface area contributed by atoms with Gasteiger partial charge in [-0.05, 0) is 97.2 Å². The zero-order valence-corrected chi connectivity index (χ0v) is 18.8. The van der Waals surface area contributed by atoms with Crippen molar-refractivity contribution in [1.29, 1.82) is 0 Å². The van der Waals surface area contributed by atoms with E-state index in [9.17, 15) is 4.39 Å². The maximum Gasteiger partial charge on any atom is 0.123 e. The molecular weight excluding hydrogens is 371 g/mol. The van der Waals surface area contributed by atoms with Crippen LogP contribution >= 0.6 is 0 Å². The first-order valence-electron chi connectivity index (χ1n) is 10.8. The molecule has 1 aromatic heterocycles. The van der Waals surface area contributed by atoms with Crippen molar-refractivity contribution < 1.29 is 4.39 Å². The molecule has 0 fully saturated rings. The van der Waals surface area contributed by atoms with Crippen LogP contribution in [-0.2, 0) is 6.42 Å². The van der Waals surface area contributed by atoms with Crippen molar-refractivity contribution in [2.24, 2.45) is 0 Å². The predicted molar refractivity (Wildman–Crippen MR) is 123 cm³/mol. The third-order valence-corrected chi connectivity index (χ3v) is 6.28. The molecule has 1 aliphatic rings. The molecule has 0 bridgehead atoms. The normalized spacial score (nSPS) is 14.9. The van der Waals surface area contributed by atoms with Crippen molar-refractivity contribution in [2.45, 2.75) is 59.9 Å². The Balaban J connectivity index is 1.68. The SMILES string of the molecule is CCc1c(C)cc(-c2cnn(C(C)C)c2)cc1C1=C[C]1[C@H](C)c1cc(F)ccc1C. The minimum atomic E-state index is -0.167. The van der Waals surface area contributed by atoms with E-state index in [1.54, 1.807) is 6.07 Å². The van der Waals surface area contributed by atoms with Gasteiger partial charge in [-0.1, -0.05) is 32.1 Å². The molecule has 0 saturated heterocycles. The quantitative estimate of drug-likeness (QED) is 0.426. The van der Waals surface area contributed by atoms with Crippen LogP contribution in [-0.4, -0.2) is 9.78 Å². The minimum absolute atomic E-state index is 0.167. The molecule has 0 amide bonds. The van der Waals surface area contributed by atoms with E-state index in [1.807, 2.05) is 16.9 Å². The summed E-state index contributed by atoms with van der Waals surface area (Å²) in [6.07, 6.45) is 7.34. The number of hydrogen-bond donors (Lipinski definition) is 0. The summed E-state index contributed by atoms with van der Waals surface area (Å²) in [5.74, 6) is 1.33. The number of benzene rings is 2. The van der Waals surface area contributed by atoms with Crippen LogP contribution in [0.3, 0.4) is 0 Å². The monoisotopic (exact) mass is 401 g/mol. The van der Waals surface area contributed by atoms with E-state index in [-0.39, 0.29) is 11.7 Å². The van der Waals surface area contributed by atoms with Gasteiger partial charge in [0.15, 0.2) is 0 Å². The van der Waals surface area contributed by atoms with Gasteiger partial charge in [0.2, 0.25) is 0 Å². The van der Waals surface area contributed by atoms with Crippen LogP contribution < -0.4 is 0 Å². The third kappa shape index (κ3) is 3.74. The van der Waals surface area contributed by atoms with Crippen molar-refractivity contribution in [3.63, 3.8) is 0 Å². The number of aryl methyl sites for hydroxylation is 2. The van der Waals surface area contributed by atoms with E-state index in [0.29, 0.717) is 6.04 Å². The lowest BCUT2D eigenvalue weighted by Crippen LogP contribution is -2.02. The molecule has 2 aromatic carbocycles. The Morgan fingerprint density at radius 3 is 2.43 bits per heavy atom. The standard InChI is InChI=1S/C27H30FN2/c1-7-23-18(5)10-20(21-14-29-30(15-21)16(2)3)11-26(23)27-13-25(27)19(6)24-12-22(28)9-8-17(24)4/h8-16,19H,7H2,1-6H3/t19-/m1/s1. The van der Waals surface area contributed by atoms with Gasteiger partial charge in [-0.15, -0.1) is 0 Å². The Hall–Kier alpha value is -2.68. The van der Waals surface area contributed by atoms with Crippen molar-refractivity contribution in [1.82, 2.24) is 9.78 Å². The maximum absolute atomic E-state index is 13.8. The summed E-state index contributed by atoms with van der Waals surface area (Å²) in [5, 5.41) is 4.52. The van der Waals surface area contributed by atoms with Gasteiger partial charge in [0, 0.05) is 23.7 Å². The van der Waals surface area contributed by atoms with E-state index in [2.05, 4.69) is 71.0 Å². The molecule has 3 heteroatoms. The van der Waals surface area contributed by atoms with Crippen LogP contribution in [0.25, 0.3) is 16.7 Å². The number of aromatic nitrogens is 2. The fourth-order valence-electron chi connectivity index (χ4n) is 4.42. The van der Waals surface area contributed by atoms with E-state index in [4.69, 9.17) is 0 Å². The molecule has 30 heavy (non-hydrogen) atoms. The molecule has 0 N–H and O–H groups in total. The van der Waals surface area contributed by atoms with Gasteiger partial charge in [-0.25, -0.2) is 4.39 Å². The zero-order valence-electron chi connectivity index (χ0n) is 18.8. The minimum Gasteiger partial charge on any atom is -0.270 e. The molecule has 2 nitrogen and oxygen atoms in total. The van der Waals surface area contributed by atoms with Gasteiger partial charge >= 0.3 is 0 Å². The lowest BCUT2D eigenvalue weighted by atomic mass is 9.86. The zero-order chi connectivity index (χ0) is 21.6. The number of nitrogens with zero attached hydrogens (tertiary/aromatic N) is 2. The summed E-state index contributed by atoms with van der Waals surface area (Å²) >= 11 is 0. The van der Waals surface area contributed by atoms with Crippen molar-refractivity contribution >= 4 is 5.57 Å². The highest BCUT2D eigenvalue weighted by atomic mass is 19.1. The Morgan fingerprint density at radius 2 is 1.77 bits per heavy atom. The maximum atomic E-state index is 13.8. The van der Waals surface area contributed by atoms with Crippen LogP contribution in [0.5, 0.6) is 0 Å². The summed E-state index contributed by atoms with van der Waals surface area (Å²) < 4.78 is 15.8. The molecule has 3 aromatic rings. The molecule has 0 saturated carbocycles. The van der Waals surface area contributed by atoms with Gasteiger partial charge in [-0.3, -0.25) is 4.68 Å². The average Bonchev–Trinajstić information content (AvgIpc) is 3.35. The lowest BCUT2D eigenvalue weighted by Gasteiger charge is -2.17. The second-order valence-corrected chi connectivity index (χ2v) is 8.71. The topological polar surface area (TPSA) is 17.8 Å². The van der Waals surface area contributed by atoms with Gasteiger partial charge < -0.3 is 0 Å². The van der Waals surface area contributed by atoms with Crippen LogP contribution in [0.15, 0.2) is 48.8 Å². The Morgan fingerprint density at radius 1 is 1.00 bits per heavy atom. The van der Waals surface area contributed by atoms with Gasteiger partial charge in [0.05, 0.1) is 6.20 Å². The van der Waals surface area contributed by atoms with Crippen LogP contribution in [0.1, 0.15) is 67.5 Å². The molecule has 4 rings (SSSR count). The molecular formula is C27H30FN2. The first-order valence-corrected chi connectivity index (χ1v) is 10.8. The summed E-state index contributed by atoms with van der Waals surface area (Å²) in [4.78, 5) is 0. The first kappa shape index (κ1) is 20.6. The smallest absolute Gasteiger partial charge is 0.123 e. The largest absolute Gasteiger partial charge is 0.270 e. The predicted octanol–water partition coefficient (Wildman–Crippen LogP) is 7.22. The molecule has 1 radical (unpaired) electrons. The highest BCUT2D eigenvalue weighted by Gasteiger charge is 2.35. The van der Waals surface area contributed by atoms with E-state index < -0.39 is 0 Å². The second kappa shape index (κ2) is 7.86. The fourth-order valence-corrected chi connectivity index (χ4v) is 4.42. The van der Waals surface area contributed by atoms with Gasteiger partial charge in [0.25, 0.3) is 0 Å².